The standard InChI is InChI=1S/C13H17NO2/c1-2-13(16)14(11-6-7-11)9-10-4-3-5-12(15)8-10/h3-5,8,11,15H,2,6-7,9H2,1H3. The van der Waals surface area contributed by atoms with Gasteiger partial charge in [0.25, 0.3) is 0 Å². The lowest BCUT2D eigenvalue weighted by atomic mass is 10.2. The van der Waals surface area contributed by atoms with Gasteiger partial charge in [0.05, 0.1) is 0 Å². The summed E-state index contributed by atoms with van der Waals surface area (Å²) in [6.07, 6.45) is 2.78. The Morgan fingerprint density at radius 2 is 2.25 bits per heavy atom. The normalized spacial score (nSPS) is 14.8. The molecular formula is C13H17NO2. The first-order valence-electron chi connectivity index (χ1n) is 5.78. The van der Waals surface area contributed by atoms with E-state index in [1.54, 1.807) is 12.1 Å². The summed E-state index contributed by atoms with van der Waals surface area (Å²) in [4.78, 5) is 13.7. The molecule has 3 nitrogen and oxygen atoms in total. The molecule has 0 bridgehead atoms. The van der Waals surface area contributed by atoms with E-state index in [0.717, 1.165) is 18.4 Å². The molecule has 1 aliphatic rings. The Hall–Kier alpha value is -1.51. The number of amides is 1. The molecule has 16 heavy (non-hydrogen) atoms. The highest BCUT2D eigenvalue weighted by Gasteiger charge is 2.31. The monoisotopic (exact) mass is 219 g/mol. The number of benzene rings is 1. The molecule has 0 aromatic heterocycles. The first-order valence-corrected chi connectivity index (χ1v) is 5.78. The quantitative estimate of drug-likeness (QED) is 0.844. The second kappa shape index (κ2) is 4.56. The zero-order valence-electron chi connectivity index (χ0n) is 9.52. The van der Waals surface area contributed by atoms with E-state index in [1.165, 1.54) is 0 Å². The lowest BCUT2D eigenvalue weighted by molar-refractivity contribution is -0.132. The molecule has 86 valence electrons. The zero-order chi connectivity index (χ0) is 11.5. The van der Waals surface area contributed by atoms with E-state index < -0.39 is 0 Å². The Balaban J connectivity index is 2.08. The fraction of sp³-hybridized carbons (Fsp3) is 0.462. The number of nitrogens with zero attached hydrogens (tertiary/aromatic N) is 1. The third kappa shape index (κ3) is 2.54. The molecule has 0 atom stereocenters. The summed E-state index contributed by atoms with van der Waals surface area (Å²) in [6.45, 7) is 2.51. The van der Waals surface area contributed by atoms with Crippen LogP contribution >= 0.6 is 0 Å². The average Bonchev–Trinajstić information content (AvgIpc) is 3.09. The van der Waals surface area contributed by atoms with Crippen LogP contribution in [-0.4, -0.2) is 22.0 Å². The number of phenolic OH excluding ortho intramolecular Hbond substituents is 1. The van der Waals surface area contributed by atoms with Crippen LogP contribution in [0.4, 0.5) is 0 Å². The highest BCUT2D eigenvalue weighted by atomic mass is 16.3. The number of hydrogen-bond donors (Lipinski definition) is 1. The van der Waals surface area contributed by atoms with E-state index in [1.807, 2.05) is 24.0 Å². The lowest BCUT2D eigenvalue weighted by Gasteiger charge is -2.22. The van der Waals surface area contributed by atoms with E-state index in [4.69, 9.17) is 0 Å². The molecule has 0 radical (unpaired) electrons. The summed E-state index contributed by atoms with van der Waals surface area (Å²) in [5.41, 5.74) is 0.994. The molecule has 1 N–H and O–H groups in total. The van der Waals surface area contributed by atoms with Crippen LogP contribution in [0.1, 0.15) is 31.7 Å². The summed E-state index contributed by atoms with van der Waals surface area (Å²) in [6, 6.07) is 7.55. The first kappa shape index (κ1) is 11.0. The average molecular weight is 219 g/mol. The Morgan fingerprint density at radius 3 is 2.81 bits per heavy atom. The van der Waals surface area contributed by atoms with Gasteiger partial charge >= 0.3 is 0 Å². The molecule has 0 unspecified atom stereocenters. The minimum Gasteiger partial charge on any atom is -0.508 e. The minimum atomic E-state index is 0.200. The van der Waals surface area contributed by atoms with Gasteiger partial charge in [0.15, 0.2) is 0 Å². The summed E-state index contributed by atoms with van der Waals surface area (Å²) in [5.74, 6) is 0.461. The summed E-state index contributed by atoms with van der Waals surface area (Å²) in [5, 5.41) is 9.37. The van der Waals surface area contributed by atoms with Gasteiger partial charge in [-0.3, -0.25) is 4.79 Å². The predicted molar refractivity (Wildman–Crippen MR) is 62.0 cm³/mol. The fourth-order valence-corrected chi connectivity index (χ4v) is 1.86. The van der Waals surface area contributed by atoms with Crippen LogP contribution < -0.4 is 0 Å². The van der Waals surface area contributed by atoms with Crippen molar-refractivity contribution in [3.63, 3.8) is 0 Å². The molecule has 0 heterocycles. The van der Waals surface area contributed by atoms with Crippen molar-refractivity contribution in [2.24, 2.45) is 0 Å². The summed E-state index contributed by atoms with van der Waals surface area (Å²) < 4.78 is 0. The molecule has 2 rings (SSSR count). The van der Waals surface area contributed by atoms with Crippen molar-refractivity contribution in [3.05, 3.63) is 29.8 Å². The van der Waals surface area contributed by atoms with Crippen LogP contribution in [0.3, 0.4) is 0 Å². The van der Waals surface area contributed by atoms with Crippen molar-refractivity contribution in [2.45, 2.75) is 38.8 Å². The van der Waals surface area contributed by atoms with Gasteiger partial charge in [0.2, 0.25) is 5.91 Å². The molecule has 1 fully saturated rings. The van der Waals surface area contributed by atoms with E-state index in [0.29, 0.717) is 19.0 Å². The molecule has 1 saturated carbocycles. The third-order valence-corrected chi connectivity index (χ3v) is 2.87. The van der Waals surface area contributed by atoms with E-state index in [2.05, 4.69) is 0 Å². The minimum absolute atomic E-state index is 0.200. The fourth-order valence-electron chi connectivity index (χ4n) is 1.86. The number of aromatic hydroxyl groups is 1. The van der Waals surface area contributed by atoms with Gasteiger partial charge < -0.3 is 10.0 Å². The Kier molecular flexibility index (Phi) is 3.13. The van der Waals surface area contributed by atoms with Gasteiger partial charge in [-0.2, -0.15) is 0 Å². The van der Waals surface area contributed by atoms with Crippen molar-refractivity contribution in [1.82, 2.24) is 4.90 Å². The SMILES string of the molecule is CCC(=O)N(Cc1cccc(O)c1)C1CC1. The molecule has 1 aliphatic carbocycles. The van der Waals surface area contributed by atoms with E-state index >= 15 is 0 Å². The molecule has 3 heteroatoms. The molecule has 0 aliphatic heterocycles. The second-order valence-corrected chi connectivity index (χ2v) is 4.28. The van der Waals surface area contributed by atoms with Crippen LogP contribution in [0, 0.1) is 0 Å². The molecule has 0 spiro atoms. The van der Waals surface area contributed by atoms with E-state index in [9.17, 15) is 9.90 Å². The van der Waals surface area contributed by atoms with Crippen molar-refractivity contribution in [2.75, 3.05) is 0 Å². The maximum atomic E-state index is 11.7. The highest BCUT2D eigenvalue weighted by Crippen LogP contribution is 2.29. The van der Waals surface area contributed by atoms with Crippen molar-refractivity contribution >= 4 is 5.91 Å². The number of carbonyl (C=O) groups is 1. The van der Waals surface area contributed by atoms with Crippen molar-refractivity contribution < 1.29 is 9.90 Å². The number of hydrogen-bond acceptors (Lipinski definition) is 2. The van der Waals surface area contributed by atoms with Gasteiger partial charge in [0.1, 0.15) is 5.75 Å². The maximum absolute atomic E-state index is 11.7. The summed E-state index contributed by atoms with van der Waals surface area (Å²) >= 11 is 0. The molecule has 1 aromatic carbocycles. The number of rotatable bonds is 4. The van der Waals surface area contributed by atoms with Gasteiger partial charge in [0, 0.05) is 19.0 Å². The maximum Gasteiger partial charge on any atom is 0.222 e. The zero-order valence-corrected chi connectivity index (χ0v) is 9.52. The highest BCUT2D eigenvalue weighted by molar-refractivity contribution is 5.76. The largest absolute Gasteiger partial charge is 0.508 e. The van der Waals surface area contributed by atoms with Crippen LogP contribution in [0.25, 0.3) is 0 Å². The van der Waals surface area contributed by atoms with Crippen LogP contribution in [0.2, 0.25) is 0 Å². The number of phenols is 1. The van der Waals surface area contributed by atoms with Crippen molar-refractivity contribution in [1.29, 1.82) is 0 Å². The van der Waals surface area contributed by atoms with Crippen LogP contribution in [0.5, 0.6) is 5.75 Å². The summed E-state index contributed by atoms with van der Waals surface area (Å²) in [7, 11) is 0. The van der Waals surface area contributed by atoms with Gasteiger partial charge in [-0.15, -0.1) is 0 Å². The van der Waals surface area contributed by atoms with Gasteiger partial charge in [-0.1, -0.05) is 19.1 Å². The van der Waals surface area contributed by atoms with Crippen molar-refractivity contribution in [3.8, 4) is 5.75 Å². The molecule has 1 amide bonds. The van der Waals surface area contributed by atoms with Crippen LogP contribution in [-0.2, 0) is 11.3 Å². The molecule has 1 aromatic rings. The van der Waals surface area contributed by atoms with Gasteiger partial charge in [-0.25, -0.2) is 0 Å². The second-order valence-electron chi connectivity index (χ2n) is 4.28. The lowest BCUT2D eigenvalue weighted by Crippen LogP contribution is -2.31. The van der Waals surface area contributed by atoms with E-state index in [-0.39, 0.29) is 11.7 Å². The van der Waals surface area contributed by atoms with Gasteiger partial charge in [-0.05, 0) is 30.5 Å². The van der Waals surface area contributed by atoms with Crippen LogP contribution in [0.15, 0.2) is 24.3 Å². The topological polar surface area (TPSA) is 40.5 Å². The third-order valence-electron chi connectivity index (χ3n) is 2.87. The Morgan fingerprint density at radius 1 is 1.50 bits per heavy atom. The molecule has 0 saturated heterocycles. The number of carbonyl (C=O) groups excluding carboxylic acids is 1. The Bertz CT molecular complexity index is 385. The molecular weight excluding hydrogens is 202 g/mol. The smallest absolute Gasteiger partial charge is 0.222 e. The first-order chi connectivity index (χ1) is 7.70. The predicted octanol–water partition coefficient (Wildman–Crippen LogP) is 2.29. The Labute approximate surface area is 95.7 Å².